The lowest BCUT2D eigenvalue weighted by molar-refractivity contribution is -0.386. The van der Waals surface area contributed by atoms with E-state index in [0.29, 0.717) is 5.56 Å². The third kappa shape index (κ3) is 4.37. The Morgan fingerprint density at radius 1 is 1.30 bits per heavy atom. The summed E-state index contributed by atoms with van der Waals surface area (Å²) in [5.74, 6) is -1.64. The molecule has 2 rings (SSSR count). The van der Waals surface area contributed by atoms with Gasteiger partial charge in [0.05, 0.1) is 4.92 Å². The predicted molar refractivity (Wildman–Crippen MR) is 80.5 cm³/mol. The average Bonchev–Trinajstić information content (AvgIpc) is 2.52. The number of halogens is 1. The van der Waals surface area contributed by atoms with Gasteiger partial charge in [-0.3, -0.25) is 10.1 Å². The molecule has 0 aliphatic rings. The van der Waals surface area contributed by atoms with Crippen LogP contribution >= 0.6 is 0 Å². The van der Waals surface area contributed by atoms with Crippen LogP contribution in [0.3, 0.4) is 0 Å². The van der Waals surface area contributed by atoms with Gasteiger partial charge in [-0.15, -0.1) is 0 Å². The number of ether oxygens (including phenoxy) is 1. The van der Waals surface area contributed by atoms with E-state index in [4.69, 9.17) is 9.84 Å². The van der Waals surface area contributed by atoms with E-state index in [9.17, 15) is 19.3 Å². The van der Waals surface area contributed by atoms with Crippen LogP contribution in [0.1, 0.15) is 11.1 Å². The van der Waals surface area contributed by atoms with E-state index in [0.717, 1.165) is 6.08 Å². The molecule has 0 fully saturated rings. The zero-order valence-corrected chi connectivity index (χ0v) is 11.8. The van der Waals surface area contributed by atoms with Crippen molar-refractivity contribution in [3.8, 4) is 5.75 Å². The number of rotatable bonds is 6. The van der Waals surface area contributed by atoms with Gasteiger partial charge >= 0.3 is 11.7 Å². The number of nitro benzene ring substituents is 1. The topological polar surface area (TPSA) is 89.7 Å². The normalized spacial score (nSPS) is 10.7. The molecule has 2 aromatic carbocycles. The monoisotopic (exact) mass is 317 g/mol. The molecule has 0 saturated carbocycles. The Kier molecular flexibility index (Phi) is 5.03. The molecule has 0 aliphatic heterocycles. The van der Waals surface area contributed by atoms with Gasteiger partial charge in [0.2, 0.25) is 0 Å². The van der Waals surface area contributed by atoms with Gasteiger partial charge in [0, 0.05) is 17.7 Å². The first-order valence-corrected chi connectivity index (χ1v) is 6.53. The minimum Gasteiger partial charge on any atom is -0.482 e. The Balaban J connectivity index is 2.23. The number of nitro groups is 1. The van der Waals surface area contributed by atoms with Gasteiger partial charge in [0.15, 0.2) is 5.75 Å². The maximum atomic E-state index is 13.5. The van der Waals surface area contributed by atoms with Gasteiger partial charge in [-0.1, -0.05) is 24.3 Å². The Morgan fingerprint density at radius 2 is 2.04 bits per heavy atom. The van der Waals surface area contributed by atoms with Crippen LogP contribution in [0, 0.1) is 15.9 Å². The van der Waals surface area contributed by atoms with Crippen LogP contribution in [-0.4, -0.2) is 16.0 Å². The highest BCUT2D eigenvalue weighted by Crippen LogP contribution is 2.29. The molecule has 6 nitrogen and oxygen atoms in total. The molecule has 0 spiro atoms. The lowest BCUT2D eigenvalue weighted by Crippen LogP contribution is -2.01. The molecule has 0 radical (unpaired) electrons. The second-order valence-corrected chi connectivity index (χ2v) is 4.54. The highest BCUT2D eigenvalue weighted by Gasteiger charge is 2.16. The summed E-state index contributed by atoms with van der Waals surface area (Å²) >= 11 is 0. The maximum absolute atomic E-state index is 13.5. The van der Waals surface area contributed by atoms with E-state index in [1.54, 1.807) is 6.07 Å². The fourth-order valence-corrected chi connectivity index (χ4v) is 1.84. The van der Waals surface area contributed by atoms with Gasteiger partial charge in [0.25, 0.3) is 0 Å². The second kappa shape index (κ2) is 7.17. The first-order chi connectivity index (χ1) is 11.0. The zero-order valence-electron chi connectivity index (χ0n) is 11.8. The van der Waals surface area contributed by atoms with Crippen molar-refractivity contribution < 1.29 is 24.0 Å². The molecule has 2 aromatic rings. The number of benzene rings is 2. The highest BCUT2D eigenvalue weighted by molar-refractivity contribution is 5.85. The van der Waals surface area contributed by atoms with Crippen molar-refractivity contribution in [1.29, 1.82) is 0 Å². The molecule has 0 saturated heterocycles. The fourth-order valence-electron chi connectivity index (χ4n) is 1.84. The Hall–Kier alpha value is -3.22. The molecule has 0 aliphatic carbocycles. The summed E-state index contributed by atoms with van der Waals surface area (Å²) in [5, 5.41) is 19.7. The SMILES string of the molecule is O=C(O)/C=C\c1ccc(OCc2ccccc2F)c([N+](=O)[O-])c1. The van der Waals surface area contributed by atoms with E-state index in [1.807, 2.05) is 0 Å². The van der Waals surface area contributed by atoms with Crippen molar-refractivity contribution in [2.75, 3.05) is 0 Å². The molecule has 23 heavy (non-hydrogen) atoms. The van der Waals surface area contributed by atoms with Crippen LogP contribution in [0.4, 0.5) is 10.1 Å². The standard InChI is InChI=1S/C16H12FNO5/c17-13-4-2-1-3-12(13)10-23-15-7-5-11(6-8-16(19)20)9-14(15)18(21)22/h1-9H,10H2,(H,19,20)/b8-6-. The van der Waals surface area contributed by atoms with Crippen LogP contribution in [0.5, 0.6) is 5.75 Å². The number of hydrogen-bond acceptors (Lipinski definition) is 4. The summed E-state index contributed by atoms with van der Waals surface area (Å²) in [5.41, 5.74) is 0.294. The first-order valence-electron chi connectivity index (χ1n) is 6.53. The number of carboxylic acid groups (broad SMARTS) is 1. The molecule has 0 heterocycles. The predicted octanol–water partition coefficient (Wildman–Crippen LogP) is 3.41. The van der Waals surface area contributed by atoms with Gasteiger partial charge < -0.3 is 9.84 Å². The van der Waals surface area contributed by atoms with Crippen LogP contribution in [0.15, 0.2) is 48.5 Å². The number of carbonyl (C=O) groups is 1. The number of hydrogen-bond donors (Lipinski definition) is 1. The minimum atomic E-state index is -1.16. The Labute approximate surface area is 130 Å². The van der Waals surface area contributed by atoms with Crippen LogP contribution in [0.2, 0.25) is 0 Å². The van der Waals surface area contributed by atoms with Gasteiger partial charge in [-0.25, -0.2) is 9.18 Å². The minimum absolute atomic E-state index is 0.0225. The Bertz CT molecular complexity index is 773. The molecular formula is C16H12FNO5. The van der Waals surface area contributed by atoms with Gasteiger partial charge in [-0.2, -0.15) is 0 Å². The van der Waals surface area contributed by atoms with E-state index < -0.39 is 16.7 Å². The second-order valence-electron chi connectivity index (χ2n) is 4.54. The van der Waals surface area contributed by atoms with Crippen molar-refractivity contribution >= 4 is 17.7 Å². The fraction of sp³-hybridized carbons (Fsp3) is 0.0625. The third-order valence-electron chi connectivity index (χ3n) is 2.94. The molecule has 0 aromatic heterocycles. The summed E-state index contributed by atoms with van der Waals surface area (Å²) in [6.45, 7) is -0.155. The largest absolute Gasteiger partial charge is 0.482 e. The van der Waals surface area contributed by atoms with Gasteiger partial charge in [0.1, 0.15) is 12.4 Å². The zero-order chi connectivity index (χ0) is 16.8. The molecule has 1 N–H and O–H groups in total. The van der Waals surface area contributed by atoms with Crippen molar-refractivity contribution in [2.24, 2.45) is 0 Å². The van der Waals surface area contributed by atoms with Crippen molar-refractivity contribution in [3.05, 3.63) is 75.6 Å². The maximum Gasteiger partial charge on any atom is 0.328 e. The van der Waals surface area contributed by atoms with Gasteiger partial charge in [-0.05, 0) is 23.8 Å². The molecule has 118 valence electrons. The summed E-state index contributed by atoms with van der Waals surface area (Å²) in [6.07, 6.45) is 2.11. The molecule has 0 bridgehead atoms. The Morgan fingerprint density at radius 3 is 2.70 bits per heavy atom. The molecule has 7 heteroatoms. The average molecular weight is 317 g/mol. The van der Waals surface area contributed by atoms with Crippen LogP contribution < -0.4 is 4.74 Å². The molecule has 0 unspecified atom stereocenters. The lowest BCUT2D eigenvalue weighted by atomic mass is 10.1. The molecular weight excluding hydrogens is 305 g/mol. The van der Waals surface area contributed by atoms with Crippen molar-refractivity contribution in [1.82, 2.24) is 0 Å². The summed E-state index contributed by atoms with van der Waals surface area (Å²) in [7, 11) is 0. The van der Waals surface area contributed by atoms with Crippen molar-refractivity contribution in [2.45, 2.75) is 6.61 Å². The summed E-state index contributed by atoms with van der Waals surface area (Å²) < 4.78 is 18.8. The van der Waals surface area contributed by atoms with Crippen molar-refractivity contribution in [3.63, 3.8) is 0 Å². The van der Waals surface area contributed by atoms with E-state index >= 15 is 0 Å². The van der Waals surface area contributed by atoms with Crippen LogP contribution in [-0.2, 0) is 11.4 Å². The van der Waals surface area contributed by atoms with E-state index in [2.05, 4.69) is 0 Å². The summed E-state index contributed by atoms with van der Waals surface area (Å²) in [4.78, 5) is 20.9. The lowest BCUT2D eigenvalue weighted by Gasteiger charge is -2.08. The van der Waals surface area contributed by atoms with E-state index in [-0.39, 0.29) is 23.6 Å². The number of carboxylic acids is 1. The molecule has 0 amide bonds. The van der Waals surface area contributed by atoms with E-state index in [1.165, 1.54) is 42.5 Å². The quantitative estimate of drug-likeness (QED) is 0.501. The first kappa shape index (κ1) is 16.2. The highest BCUT2D eigenvalue weighted by atomic mass is 19.1. The summed E-state index contributed by atoms with van der Waals surface area (Å²) in [6, 6.07) is 9.97. The number of aliphatic carboxylic acids is 1. The molecule has 0 atom stereocenters. The smallest absolute Gasteiger partial charge is 0.328 e. The third-order valence-corrected chi connectivity index (χ3v) is 2.94. The van der Waals surface area contributed by atoms with Crippen LogP contribution in [0.25, 0.3) is 6.08 Å². The number of nitrogens with zero attached hydrogens (tertiary/aromatic N) is 1.